The Balaban J connectivity index is 2.53. The molecule has 0 aliphatic heterocycles. The van der Waals surface area contributed by atoms with Crippen molar-refractivity contribution in [3.05, 3.63) is 51.7 Å². The van der Waals surface area contributed by atoms with E-state index in [1.165, 1.54) is 0 Å². The zero-order valence-corrected chi connectivity index (χ0v) is 10.4. The highest BCUT2D eigenvalue weighted by Gasteiger charge is 2.02. The largest absolute Gasteiger partial charge is 0.264 e. The molecular formula is C11H7Br2N. The summed E-state index contributed by atoms with van der Waals surface area (Å²) in [5.41, 5.74) is 2.27. The van der Waals surface area contributed by atoms with Gasteiger partial charge in [-0.1, -0.05) is 44.0 Å². The van der Waals surface area contributed by atoms with Gasteiger partial charge in [-0.3, -0.25) is 4.98 Å². The summed E-state index contributed by atoms with van der Waals surface area (Å²) in [7, 11) is 0. The summed E-state index contributed by atoms with van der Waals surface area (Å²) in [5, 5.41) is 0. The highest BCUT2D eigenvalue weighted by molar-refractivity contribution is 9.11. The van der Waals surface area contributed by atoms with Gasteiger partial charge in [0.2, 0.25) is 0 Å². The van der Waals surface area contributed by atoms with Crippen molar-refractivity contribution in [1.29, 1.82) is 0 Å². The first kappa shape index (κ1) is 9.87. The van der Waals surface area contributed by atoms with Gasteiger partial charge in [0.25, 0.3) is 0 Å². The van der Waals surface area contributed by atoms with Gasteiger partial charge in [0.15, 0.2) is 0 Å². The number of pyridine rings is 1. The van der Waals surface area contributed by atoms with E-state index in [4.69, 9.17) is 0 Å². The van der Waals surface area contributed by atoms with E-state index >= 15 is 0 Å². The molecule has 1 heterocycles. The minimum atomic E-state index is 1.07. The summed E-state index contributed by atoms with van der Waals surface area (Å²) in [6.45, 7) is 0. The maximum Gasteiger partial charge on any atom is 0.0346 e. The SMILES string of the molecule is Brc1ccc(-c2cccnc2)c(Br)c1. The molecular weight excluding hydrogens is 306 g/mol. The van der Waals surface area contributed by atoms with Crippen LogP contribution < -0.4 is 0 Å². The van der Waals surface area contributed by atoms with Crippen molar-refractivity contribution in [2.45, 2.75) is 0 Å². The number of rotatable bonds is 1. The molecule has 0 saturated carbocycles. The molecule has 0 unspecified atom stereocenters. The van der Waals surface area contributed by atoms with Crippen LogP contribution in [0.4, 0.5) is 0 Å². The van der Waals surface area contributed by atoms with Crippen molar-refractivity contribution in [2.75, 3.05) is 0 Å². The lowest BCUT2D eigenvalue weighted by Gasteiger charge is -2.03. The van der Waals surface area contributed by atoms with Gasteiger partial charge in [-0.25, -0.2) is 0 Å². The number of benzene rings is 1. The van der Waals surface area contributed by atoms with Gasteiger partial charge in [-0.05, 0) is 23.8 Å². The monoisotopic (exact) mass is 311 g/mol. The lowest BCUT2D eigenvalue weighted by molar-refractivity contribution is 1.33. The Labute approximate surface area is 99.4 Å². The Kier molecular flexibility index (Phi) is 2.99. The fourth-order valence-electron chi connectivity index (χ4n) is 1.25. The number of aromatic nitrogens is 1. The third-order valence-corrected chi connectivity index (χ3v) is 3.05. The summed E-state index contributed by atoms with van der Waals surface area (Å²) in [4.78, 5) is 4.09. The quantitative estimate of drug-likeness (QED) is 0.766. The van der Waals surface area contributed by atoms with Gasteiger partial charge >= 0.3 is 0 Å². The molecule has 0 fully saturated rings. The van der Waals surface area contributed by atoms with Crippen LogP contribution in [-0.2, 0) is 0 Å². The minimum Gasteiger partial charge on any atom is -0.264 e. The zero-order chi connectivity index (χ0) is 9.97. The van der Waals surface area contributed by atoms with Crippen molar-refractivity contribution >= 4 is 31.9 Å². The Morgan fingerprint density at radius 3 is 2.57 bits per heavy atom. The molecule has 0 amide bonds. The Bertz CT molecular complexity index is 440. The van der Waals surface area contributed by atoms with Crippen LogP contribution in [0, 0.1) is 0 Å². The lowest BCUT2D eigenvalue weighted by Crippen LogP contribution is -1.80. The first-order valence-electron chi connectivity index (χ1n) is 4.13. The van der Waals surface area contributed by atoms with Crippen LogP contribution in [0.15, 0.2) is 51.7 Å². The summed E-state index contributed by atoms with van der Waals surface area (Å²) < 4.78 is 2.14. The van der Waals surface area contributed by atoms with Crippen molar-refractivity contribution < 1.29 is 0 Å². The molecule has 0 aliphatic rings. The molecule has 1 aromatic carbocycles. The Hall–Kier alpha value is -0.670. The molecule has 2 aromatic rings. The smallest absolute Gasteiger partial charge is 0.0346 e. The van der Waals surface area contributed by atoms with Crippen LogP contribution in [0.25, 0.3) is 11.1 Å². The number of hydrogen-bond acceptors (Lipinski definition) is 1. The molecule has 0 atom stereocenters. The normalized spacial score (nSPS) is 10.1. The van der Waals surface area contributed by atoms with Crippen LogP contribution in [-0.4, -0.2) is 4.98 Å². The Morgan fingerprint density at radius 2 is 1.93 bits per heavy atom. The number of hydrogen-bond donors (Lipinski definition) is 0. The Morgan fingerprint density at radius 1 is 1.07 bits per heavy atom. The zero-order valence-electron chi connectivity index (χ0n) is 7.24. The lowest BCUT2D eigenvalue weighted by atomic mass is 10.1. The van der Waals surface area contributed by atoms with Gasteiger partial charge in [0.05, 0.1) is 0 Å². The van der Waals surface area contributed by atoms with Crippen LogP contribution >= 0.6 is 31.9 Å². The van der Waals surface area contributed by atoms with Crippen molar-refractivity contribution in [2.24, 2.45) is 0 Å². The number of nitrogens with zero attached hydrogens (tertiary/aromatic N) is 1. The number of halogens is 2. The third-order valence-electron chi connectivity index (χ3n) is 1.90. The maximum absolute atomic E-state index is 4.09. The van der Waals surface area contributed by atoms with E-state index < -0.39 is 0 Å². The second-order valence-corrected chi connectivity index (χ2v) is 4.64. The topological polar surface area (TPSA) is 12.9 Å². The van der Waals surface area contributed by atoms with Crippen LogP contribution in [0.3, 0.4) is 0 Å². The molecule has 0 spiro atoms. The van der Waals surface area contributed by atoms with E-state index in [1.807, 2.05) is 30.5 Å². The first-order valence-corrected chi connectivity index (χ1v) is 5.71. The maximum atomic E-state index is 4.09. The predicted octanol–water partition coefficient (Wildman–Crippen LogP) is 4.27. The van der Waals surface area contributed by atoms with Crippen molar-refractivity contribution in [3.8, 4) is 11.1 Å². The van der Waals surface area contributed by atoms with Gasteiger partial charge < -0.3 is 0 Å². The van der Waals surface area contributed by atoms with E-state index in [9.17, 15) is 0 Å². The highest BCUT2D eigenvalue weighted by atomic mass is 79.9. The molecule has 2 rings (SSSR count). The van der Waals surface area contributed by atoms with E-state index in [0.717, 1.165) is 20.1 Å². The highest BCUT2D eigenvalue weighted by Crippen LogP contribution is 2.29. The van der Waals surface area contributed by atoms with Crippen molar-refractivity contribution in [1.82, 2.24) is 4.98 Å². The summed E-state index contributed by atoms with van der Waals surface area (Å²) >= 11 is 6.95. The summed E-state index contributed by atoms with van der Waals surface area (Å²) in [6.07, 6.45) is 3.63. The second kappa shape index (κ2) is 4.24. The molecule has 1 aromatic heterocycles. The average Bonchev–Trinajstić information content (AvgIpc) is 2.19. The molecule has 0 aliphatic carbocycles. The minimum absolute atomic E-state index is 1.07. The van der Waals surface area contributed by atoms with Crippen LogP contribution in [0.5, 0.6) is 0 Å². The standard InChI is InChI=1S/C11H7Br2N/c12-9-3-4-10(11(13)6-9)8-2-1-5-14-7-8/h1-7H. The van der Waals surface area contributed by atoms with E-state index in [-0.39, 0.29) is 0 Å². The fraction of sp³-hybridized carbons (Fsp3) is 0. The van der Waals surface area contributed by atoms with Gasteiger partial charge in [-0.15, -0.1) is 0 Å². The van der Waals surface area contributed by atoms with Gasteiger partial charge in [0, 0.05) is 26.9 Å². The first-order chi connectivity index (χ1) is 6.77. The third kappa shape index (κ3) is 2.04. The summed E-state index contributed by atoms with van der Waals surface area (Å²) in [5.74, 6) is 0. The molecule has 0 bridgehead atoms. The van der Waals surface area contributed by atoms with E-state index in [1.54, 1.807) is 6.20 Å². The van der Waals surface area contributed by atoms with Crippen LogP contribution in [0.2, 0.25) is 0 Å². The molecule has 70 valence electrons. The second-order valence-electron chi connectivity index (χ2n) is 2.87. The summed E-state index contributed by atoms with van der Waals surface area (Å²) in [6, 6.07) is 10.1. The molecule has 1 nitrogen and oxygen atoms in total. The molecule has 3 heteroatoms. The molecule has 0 radical (unpaired) electrons. The van der Waals surface area contributed by atoms with Gasteiger partial charge in [0.1, 0.15) is 0 Å². The van der Waals surface area contributed by atoms with Gasteiger partial charge in [-0.2, -0.15) is 0 Å². The molecule has 0 N–H and O–H groups in total. The average molecular weight is 313 g/mol. The van der Waals surface area contributed by atoms with E-state index in [0.29, 0.717) is 0 Å². The molecule has 0 saturated heterocycles. The fourth-order valence-corrected chi connectivity index (χ4v) is 2.52. The molecule has 14 heavy (non-hydrogen) atoms. The van der Waals surface area contributed by atoms with E-state index in [2.05, 4.69) is 42.9 Å². The predicted molar refractivity (Wildman–Crippen MR) is 65.1 cm³/mol. The van der Waals surface area contributed by atoms with Crippen LogP contribution in [0.1, 0.15) is 0 Å². The van der Waals surface area contributed by atoms with Crippen molar-refractivity contribution in [3.63, 3.8) is 0 Å².